The van der Waals surface area contributed by atoms with Crippen molar-refractivity contribution in [2.75, 3.05) is 18.0 Å². The summed E-state index contributed by atoms with van der Waals surface area (Å²) in [4.78, 5) is 28.1. The van der Waals surface area contributed by atoms with Gasteiger partial charge in [-0.2, -0.15) is 10.2 Å². The molecule has 1 amide bonds. The Morgan fingerprint density at radius 1 is 1.30 bits per heavy atom. The normalized spacial score (nSPS) is 13.9. The summed E-state index contributed by atoms with van der Waals surface area (Å²) in [5, 5.41) is 12.8. The maximum Gasteiger partial charge on any atom is 0.261 e. The van der Waals surface area contributed by atoms with Crippen LogP contribution in [0.15, 0.2) is 47.3 Å². The molecule has 168 valence electrons. The molecule has 0 saturated carbocycles. The second kappa shape index (κ2) is 10.3. The van der Waals surface area contributed by atoms with E-state index in [0.717, 1.165) is 25.9 Å². The highest BCUT2D eigenvalue weighted by molar-refractivity contribution is 9.10. The number of aromatic nitrogens is 3. The van der Waals surface area contributed by atoms with Crippen LogP contribution in [0.1, 0.15) is 34.3 Å². The Hall–Kier alpha value is -3.06. The van der Waals surface area contributed by atoms with E-state index in [-0.39, 0.29) is 23.8 Å². The quantitative estimate of drug-likeness (QED) is 0.515. The van der Waals surface area contributed by atoms with Crippen molar-refractivity contribution in [1.29, 1.82) is 5.26 Å². The van der Waals surface area contributed by atoms with Crippen molar-refractivity contribution in [2.24, 2.45) is 0 Å². The van der Waals surface area contributed by atoms with Crippen LogP contribution in [-0.4, -0.2) is 40.0 Å². The lowest BCUT2D eigenvalue weighted by atomic mass is 10.0. The van der Waals surface area contributed by atoms with Crippen LogP contribution in [0, 0.1) is 18.3 Å². The number of benzene rings is 1. The number of nitrogens with zero attached hydrogens (tertiary/aromatic N) is 5. The van der Waals surface area contributed by atoms with Gasteiger partial charge in [0, 0.05) is 24.0 Å². The number of anilines is 1. The fraction of sp³-hybridized carbons (Fsp3) is 0.261. The molecule has 8 nitrogen and oxygen atoms in total. The minimum atomic E-state index is -0.204. The Morgan fingerprint density at radius 2 is 2.03 bits per heavy atom. The van der Waals surface area contributed by atoms with Gasteiger partial charge in [-0.05, 0) is 78.6 Å². The maximum absolute atomic E-state index is 13.5. The van der Waals surface area contributed by atoms with Gasteiger partial charge in [-0.25, -0.2) is 4.98 Å². The monoisotopic (exact) mass is 526 g/mol. The van der Waals surface area contributed by atoms with E-state index in [9.17, 15) is 4.79 Å². The zero-order valence-corrected chi connectivity index (χ0v) is 20.1. The summed E-state index contributed by atoms with van der Waals surface area (Å²) >= 11 is 9.78. The molecule has 4 rings (SSSR count). The molecule has 1 aliphatic rings. The summed E-state index contributed by atoms with van der Waals surface area (Å²) in [7, 11) is 0. The lowest BCUT2D eigenvalue weighted by molar-refractivity contribution is 0.0969. The van der Waals surface area contributed by atoms with Gasteiger partial charge in [0.15, 0.2) is 5.75 Å². The van der Waals surface area contributed by atoms with Crippen molar-refractivity contribution >= 4 is 39.4 Å². The van der Waals surface area contributed by atoms with Crippen LogP contribution in [-0.2, 0) is 0 Å². The van der Waals surface area contributed by atoms with E-state index in [1.54, 1.807) is 48.6 Å². The van der Waals surface area contributed by atoms with Crippen LogP contribution in [0.3, 0.4) is 0 Å². The largest absolute Gasteiger partial charge is 0.436 e. The van der Waals surface area contributed by atoms with Gasteiger partial charge in [-0.1, -0.05) is 11.6 Å². The number of carbonyl (C=O) groups excluding carboxylic acids is 1. The highest BCUT2D eigenvalue weighted by Crippen LogP contribution is 2.36. The van der Waals surface area contributed by atoms with Crippen molar-refractivity contribution in [3.05, 3.63) is 69.0 Å². The topological polar surface area (TPSA) is 104 Å². The van der Waals surface area contributed by atoms with Crippen LogP contribution in [0.4, 0.5) is 5.95 Å². The molecule has 0 spiro atoms. The maximum atomic E-state index is 13.5. The van der Waals surface area contributed by atoms with Gasteiger partial charge >= 0.3 is 0 Å². The number of hydrogen-bond donors (Lipinski definition) is 1. The predicted molar refractivity (Wildman–Crippen MR) is 128 cm³/mol. The van der Waals surface area contributed by atoms with Gasteiger partial charge in [0.1, 0.15) is 0 Å². The first-order valence-electron chi connectivity index (χ1n) is 10.3. The Morgan fingerprint density at radius 3 is 2.70 bits per heavy atom. The third-order valence-corrected chi connectivity index (χ3v) is 6.12. The van der Waals surface area contributed by atoms with Gasteiger partial charge < -0.3 is 10.1 Å². The molecule has 33 heavy (non-hydrogen) atoms. The van der Waals surface area contributed by atoms with Gasteiger partial charge in [0.25, 0.3) is 5.91 Å². The first-order valence-corrected chi connectivity index (χ1v) is 11.5. The molecule has 0 bridgehead atoms. The van der Waals surface area contributed by atoms with E-state index in [1.807, 2.05) is 0 Å². The molecule has 0 unspecified atom stereocenters. The van der Waals surface area contributed by atoms with Crippen molar-refractivity contribution in [1.82, 2.24) is 20.3 Å². The molecule has 0 radical (unpaired) electrons. The van der Waals surface area contributed by atoms with Crippen LogP contribution >= 0.6 is 27.5 Å². The van der Waals surface area contributed by atoms with Crippen LogP contribution in [0.5, 0.6) is 11.6 Å². The van der Waals surface area contributed by atoms with E-state index in [0.29, 0.717) is 31.9 Å². The van der Waals surface area contributed by atoms with E-state index < -0.39 is 0 Å². The Balaban J connectivity index is 1.73. The number of pyridine rings is 1. The number of carbonyl (C=O) groups is 1. The van der Waals surface area contributed by atoms with Crippen LogP contribution in [0.25, 0.3) is 0 Å². The summed E-state index contributed by atoms with van der Waals surface area (Å²) < 4.78 is 6.54. The minimum Gasteiger partial charge on any atom is -0.436 e. The zero-order chi connectivity index (χ0) is 23.4. The first-order chi connectivity index (χ1) is 16.0. The highest BCUT2D eigenvalue weighted by atomic mass is 79.9. The average Bonchev–Trinajstić information content (AvgIpc) is 2.84. The standard InChI is InChI=1S/C23H20BrClN6O2/c1-14-10-15(12-26)11-19(25)20(14)33-21-18(24)13-29-23(30-21)31(17-4-8-28-9-5-17)22(32)16-2-6-27-7-3-16/h2-3,6-7,10-11,13,17,28H,4-5,8-9H2,1H3. The number of piperidine rings is 1. The number of hydrogen-bond acceptors (Lipinski definition) is 7. The number of aryl methyl sites for hydroxylation is 1. The third kappa shape index (κ3) is 5.14. The van der Waals surface area contributed by atoms with Crippen molar-refractivity contribution in [3.8, 4) is 17.7 Å². The van der Waals surface area contributed by atoms with Gasteiger partial charge in [0.05, 0.1) is 27.3 Å². The molecule has 0 aliphatic carbocycles. The fourth-order valence-corrected chi connectivity index (χ4v) is 4.25. The van der Waals surface area contributed by atoms with Crippen molar-refractivity contribution < 1.29 is 9.53 Å². The molecule has 3 aromatic rings. The number of rotatable bonds is 5. The van der Waals surface area contributed by atoms with E-state index in [2.05, 4.69) is 42.3 Å². The van der Waals surface area contributed by atoms with Crippen molar-refractivity contribution in [3.63, 3.8) is 0 Å². The summed E-state index contributed by atoms with van der Waals surface area (Å²) in [6.07, 6.45) is 6.26. The predicted octanol–water partition coefficient (Wildman–Crippen LogP) is 4.66. The molecular weight excluding hydrogens is 508 g/mol. The number of nitriles is 1. The smallest absolute Gasteiger partial charge is 0.261 e. The highest BCUT2D eigenvalue weighted by Gasteiger charge is 2.30. The van der Waals surface area contributed by atoms with E-state index >= 15 is 0 Å². The van der Waals surface area contributed by atoms with E-state index in [1.165, 1.54) is 6.07 Å². The molecule has 0 atom stereocenters. The Kier molecular flexibility index (Phi) is 7.18. The molecular formula is C23H20BrClN6O2. The summed E-state index contributed by atoms with van der Waals surface area (Å²) in [6.45, 7) is 3.39. The number of nitrogens with one attached hydrogen (secondary N) is 1. The van der Waals surface area contributed by atoms with Crippen molar-refractivity contribution in [2.45, 2.75) is 25.8 Å². The molecule has 1 aliphatic heterocycles. The van der Waals surface area contributed by atoms with Gasteiger partial charge in [0.2, 0.25) is 11.8 Å². The second-order valence-corrected chi connectivity index (χ2v) is 8.79. The minimum absolute atomic E-state index is 0.0684. The lowest BCUT2D eigenvalue weighted by Gasteiger charge is -2.33. The SMILES string of the molecule is Cc1cc(C#N)cc(Cl)c1Oc1nc(N(C(=O)c2ccncc2)C2CCNCC2)ncc1Br. The summed E-state index contributed by atoms with van der Waals surface area (Å²) in [5.74, 6) is 0.639. The molecule has 1 N–H and O–H groups in total. The molecule has 2 aromatic heterocycles. The average molecular weight is 528 g/mol. The number of amides is 1. The zero-order valence-electron chi connectivity index (χ0n) is 17.8. The number of halogens is 2. The van der Waals surface area contributed by atoms with Gasteiger partial charge in [-0.3, -0.25) is 14.7 Å². The van der Waals surface area contributed by atoms with Crippen LogP contribution in [0.2, 0.25) is 5.02 Å². The Labute approximate surface area is 204 Å². The van der Waals surface area contributed by atoms with Crippen LogP contribution < -0.4 is 15.0 Å². The molecule has 10 heteroatoms. The Bertz CT molecular complexity index is 1190. The van der Waals surface area contributed by atoms with Gasteiger partial charge in [-0.15, -0.1) is 0 Å². The molecule has 3 heterocycles. The number of ether oxygens (including phenoxy) is 1. The summed E-state index contributed by atoms with van der Waals surface area (Å²) in [6, 6.07) is 8.57. The molecule has 1 aromatic carbocycles. The second-order valence-electron chi connectivity index (χ2n) is 7.53. The third-order valence-electron chi connectivity index (χ3n) is 5.29. The molecule has 1 fully saturated rings. The molecule has 1 saturated heterocycles. The van der Waals surface area contributed by atoms with E-state index in [4.69, 9.17) is 21.6 Å². The summed E-state index contributed by atoms with van der Waals surface area (Å²) in [5.41, 5.74) is 1.63. The fourth-order valence-electron chi connectivity index (χ4n) is 3.67. The first kappa shape index (κ1) is 23.1. The lowest BCUT2D eigenvalue weighted by Crippen LogP contribution is -2.47.